The third kappa shape index (κ3) is 6.97. The molecule has 12 nitrogen and oxygen atoms in total. The number of carbonyl (C=O) groups excluding carboxylic acids is 4. The number of piperidine rings is 2. The van der Waals surface area contributed by atoms with Gasteiger partial charge in [0.2, 0.25) is 11.8 Å². The molecule has 3 aromatic carbocycles. The van der Waals surface area contributed by atoms with Crippen molar-refractivity contribution in [2.24, 2.45) is 16.7 Å². The minimum atomic E-state index is -0.595. The van der Waals surface area contributed by atoms with Crippen LogP contribution in [0.5, 0.6) is 5.75 Å². The van der Waals surface area contributed by atoms with Crippen LogP contribution in [0, 0.1) is 28.1 Å². The number of fused-ring (bicyclic) bond motifs is 2. The summed E-state index contributed by atoms with van der Waals surface area (Å²) in [6, 6.07) is 20.7. The first-order valence-corrected chi connectivity index (χ1v) is 21.9. The minimum Gasteiger partial charge on any atom is -0.489 e. The molecule has 4 amide bonds. The zero-order chi connectivity index (χ0) is 42.1. The summed E-state index contributed by atoms with van der Waals surface area (Å²) in [5.41, 5.74) is 3.95. The molecule has 2 N–H and O–H groups in total. The van der Waals surface area contributed by atoms with Gasteiger partial charge < -0.3 is 24.8 Å². The quantitative estimate of drug-likeness (QED) is 0.245. The third-order valence-corrected chi connectivity index (χ3v) is 14.8. The number of piperazine rings is 1. The van der Waals surface area contributed by atoms with Crippen molar-refractivity contribution in [3.8, 4) is 11.8 Å². The molecule has 3 saturated heterocycles. The van der Waals surface area contributed by atoms with E-state index in [1.54, 1.807) is 23.1 Å². The average molecular weight is 832 g/mol. The van der Waals surface area contributed by atoms with E-state index < -0.39 is 11.6 Å². The Labute approximate surface area is 357 Å². The van der Waals surface area contributed by atoms with Gasteiger partial charge in [0.05, 0.1) is 16.1 Å². The van der Waals surface area contributed by atoms with Gasteiger partial charge in [-0.1, -0.05) is 39.3 Å². The number of hydrogen-bond acceptors (Lipinski definition) is 9. The van der Waals surface area contributed by atoms with Crippen molar-refractivity contribution in [1.82, 2.24) is 20.4 Å². The lowest BCUT2D eigenvalue weighted by Crippen LogP contribution is -2.74. The fraction of sp³-hybridized carbons (Fsp3) is 0.511. The zero-order valence-corrected chi connectivity index (χ0v) is 35.7. The topological polar surface area (TPSA) is 138 Å². The maximum atomic E-state index is 13.6. The lowest BCUT2D eigenvalue weighted by molar-refractivity contribution is -0.164. The number of ether oxygens (including phenoxy) is 1. The average Bonchev–Trinajstić information content (AvgIpc) is 4.00. The molecule has 2 aliphatic carbocycles. The molecule has 4 aliphatic heterocycles. The molecule has 1 atom stereocenters. The van der Waals surface area contributed by atoms with E-state index >= 15 is 0 Å². The highest BCUT2D eigenvalue weighted by molar-refractivity contribution is 6.31. The van der Waals surface area contributed by atoms with Crippen LogP contribution in [-0.2, 0) is 15.1 Å². The van der Waals surface area contributed by atoms with Crippen LogP contribution in [0.3, 0.4) is 0 Å². The van der Waals surface area contributed by atoms with Crippen molar-refractivity contribution in [1.29, 1.82) is 5.26 Å². The number of halogens is 1. The summed E-state index contributed by atoms with van der Waals surface area (Å²) in [5, 5.41) is 15.3. The van der Waals surface area contributed by atoms with Gasteiger partial charge in [-0.3, -0.25) is 29.4 Å². The number of anilines is 2. The molecule has 0 aromatic heterocycles. The Morgan fingerprint density at radius 1 is 0.867 bits per heavy atom. The maximum absolute atomic E-state index is 13.6. The Morgan fingerprint density at radius 3 is 2.17 bits per heavy atom. The Hall–Kier alpha value is -5.12. The van der Waals surface area contributed by atoms with Crippen molar-refractivity contribution < 1.29 is 23.9 Å². The van der Waals surface area contributed by atoms with Crippen LogP contribution in [0.1, 0.15) is 98.1 Å². The number of benzene rings is 3. The number of nitriles is 1. The van der Waals surface area contributed by atoms with Crippen molar-refractivity contribution in [3.05, 3.63) is 87.9 Å². The molecule has 60 heavy (non-hydrogen) atoms. The summed E-state index contributed by atoms with van der Waals surface area (Å²) in [4.78, 5) is 60.9. The molecular weight excluding hydrogens is 778 g/mol. The van der Waals surface area contributed by atoms with E-state index in [-0.39, 0.29) is 53.0 Å². The highest BCUT2D eigenvalue weighted by Gasteiger charge is 2.64. The van der Waals surface area contributed by atoms with Crippen molar-refractivity contribution in [2.75, 3.05) is 55.6 Å². The monoisotopic (exact) mass is 831 g/mol. The van der Waals surface area contributed by atoms with Crippen LogP contribution >= 0.6 is 11.6 Å². The molecule has 0 unspecified atom stereocenters. The molecule has 13 heteroatoms. The van der Waals surface area contributed by atoms with Crippen LogP contribution in [0.2, 0.25) is 5.02 Å². The van der Waals surface area contributed by atoms with Crippen molar-refractivity contribution in [2.45, 2.75) is 89.9 Å². The fourth-order valence-electron chi connectivity index (χ4n) is 11.3. The summed E-state index contributed by atoms with van der Waals surface area (Å²) in [7, 11) is 0. The van der Waals surface area contributed by atoms with Crippen molar-refractivity contribution >= 4 is 46.6 Å². The van der Waals surface area contributed by atoms with Gasteiger partial charge in [0.1, 0.15) is 24.0 Å². The standard InChI is InChI=1S/C47H54ClN7O5/c1-45(2)43(46(3,4)44(45)60-34-11-7-31(27-49)37(48)26-34)51-40(57)30-5-8-32(9-6-30)53-19-15-29(16-20-53)28-52-21-23-54(24-22-52)33-10-12-35-36(25-33)47(17-18-47)55(42(35)59)38-13-14-39(56)50-41(38)58/h5-12,25-26,29,38,43-44H,13-24,28H2,1-4H3,(H,51,57)(H,50,56,58)/t38-,43?,44?/m1/s1. The molecule has 5 fully saturated rings. The first kappa shape index (κ1) is 40.3. The van der Waals surface area contributed by atoms with Gasteiger partial charge >= 0.3 is 0 Å². The van der Waals surface area contributed by atoms with Gasteiger partial charge in [-0.25, -0.2) is 0 Å². The zero-order valence-electron chi connectivity index (χ0n) is 34.9. The SMILES string of the molecule is CC1(C)C(NC(=O)c2ccc(N3CCC(CN4CCN(c5ccc6c(c5)C5(CC5)N([C@@H]5CCC(=O)NC5=O)C6=O)CC4)CC3)cc2)C(C)(C)C1Oc1ccc(C#N)c(Cl)c1. The largest absolute Gasteiger partial charge is 0.489 e. The lowest BCUT2D eigenvalue weighted by Gasteiger charge is -2.63. The summed E-state index contributed by atoms with van der Waals surface area (Å²) in [6.45, 7) is 15.3. The lowest BCUT2D eigenvalue weighted by atomic mass is 9.49. The predicted molar refractivity (Wildman–Crippen MR) is 229 cm³/mol. The van der Waals surface area contributed by atoms with Crippen LogP contribution < -0.4 is 25.2 Å². The van der Waals surface area contributed by atoms with E-state index in [4.69, 9.17) is 16.3 Å². The number of nitrogens with zero attached hydrogens (tertiary/aromatic N) is 5. The van der Waals surface area contributed by atoms with Gasteiger partial charge in [0, 0.05) is 97.7 Å². The second-order valence-corrected chi connectivity index (χ2v) is 19.4. The minimum absolute atomic E-state index is 0.0906. The van der Waals surface area contributed by atoms with Crippen molar-refractivity contribution in [3.63, 3.8) is 0 Å². The molecular formula is C47H54ClN7O5. The Balaban J connectivity index is 0.737. The Bertz CT molecular complexity index is 2250. The smallest absolute Gasteiger partial charge is 0.255 e. The number of carbonyl (C=O) groups is 4. The number of imide groups is 1. The number of nitrogens with one attached hydrogen (secondary N) is 2. The van der Waals surface area contributed by atoms with E-state index in [2.05, 4.69) is 83.4 Å². The van der Waals surface area contributed by atoms with E-state index in [0.29, 0.717) is 39.8 Å². The van der Waals surface area contributed by atoms with Crippen LogP contribution in [0.4, 0.5) is 11.4 Å². The number of rotatable bonds is 9. The fourth-order valence-corrected chi connectivity index (χ4v) is 11.5. The van der Waals surface area contributed by atoms with E-state index in [0.717, 1.165) is 88.4 Å². The molecule has 2 saturated carbocycles. The highest BCUT2D eigenvalue weighted by Crippen LogP contribution is 2.59. The molecule has 9 rings (SSSR count). The van der Waals surface area contributed by atoms with E-state index in [1.807, 2.05) is 18.2 Å². The second-order valence-electron chi connectivity index (χ2n) is 19.0. The summed E-state index contributed by atoms with van der Waals surface area (Å²) in [5.74, 6) is 0.431. The molecule has 0 radical (unpaired) electrons. The first-order chi connectivity index (χ1) is 28.7. The maximum Gasteiger partial charge on any atom is 0.255 e. The van der Waals surface area contributed by atoms with Gasteiger partial charge in [-0.2, -0.15) is 5.26 Å². The van der Waals surface area contributed by atoms with E-state index in [9.17, 15) is 24.4 Å². The van der Waals surface area contributed by atoms with Gasteiger partial charge in [0.25, 0.3) is 11.8 Å². The predicted octanol–water partition coefficient (Wildman–Crippen LogP) is 6.11. The molecule has 3 aromatic rings. The molecule has 4 heterocycles. The van der Waals surface area contributed by atoms with Crippen LogP contribution in [0.15, 0.2) is 60.7 Å². The first-order valence-electron chi connectivity index (χ1n) is 21.5. The van der Waals surface area contributed by atoms with Gasteiger partial charge in [-0.15, -0.1) is 0 Å². The molecule has 0 bridgehead atoms. The number of hydrogen-bond donors (Lipinski definition) is 2. The summed E-state index contributed by atoms with van der Waals surface area (Å²) in [6.07, 6.45) is 4.40. The van der Waals surface area contributed by atoms with Crippen LogP contribution in [-0.4, -0.2) is 97.4 Å². The van der Waals surface area contributed by atoms with Crippen LogP contribution in [0.25, 0.3) is 0 Å². The Kier molecular flexibility index (Phi) is 10.1. The molecule has 1 spiro atoms. The summed E-state index contributed by atoms with van der Waals surface area (Å²) < 4.78 is 6.40. The summed E-state index contributed by atoms with van der Waals surface area (Å²) >= 11 is 6.26. The molecule has 314 valence electrons. The number of amides is 4. The molecule has 6 aliphatic rings. The highest BCUT2D eigenvalue weighted by atomic mass is 35.5. The third-order valence-electron chi connectivity index (χ3n) is 14.5. The van der Waals surface area contributed by atoms with E-state index in [1.165, 1.54) is 0 Å². The Morgan fingerprint density at radius 2 is 1.53 bits per heavy atom. The second kappa shape index (κ2) is 15.1. The van der Waals surface area contributed by atoms with Gasteiger partial charge in [0.15, 0.2) is 0 Å². The van der Waals surface area contributed by atoms with Gasteiger partial charge in [-0.05, 0) is 98.2 Å². The normalized spacial score (nSPS) is 25.6.